The lowest BCUT2D eigenvalue weighted by Gasteiger charge is -2.33. The molecule has 1 saturated heterocycles. The number of nitrogens with one attached hydrogen (secondary N) is 1. The van der Waals surface area contributed by atoms with E-state index < -0.39 is 6.04 Å². The molecule has 1 atom stereocenters. The van der Waals surface area contributed by atoms with Crippen LogP contribution in [-0.2, 0) is 17.9 Å². The highest BCUT2D eigenvalue weighted by molar-refractivity contribution is 5.99. The summed E-state index contributed by atoms with van der Waals surface area (Å²) in [5.74, 6) is -0.0655. The van der Waals surface area contributed by atoms with E-state index in [1.54, 1.807) is 22.2 Å². The van der Waals surface area contributed by atoms with Crippen LogP contribution >= 0.6 is 0 Å². The van der Waals surface area contributed by atoms with Crippen molar-refractivity contribution in [2.45, 2.75) is 32.0 Å². The minimum atomic E-state index is -0.481. The molecule has 0 radical (unpaired) electrons. The molecule has 2 aliphatic rings. The van der Waals surface area contributed by atoms with Crippen LogP contribution in [0.3, 0.4) is 0 Å². The fraction of sp³-hybridized carbons (Fsp3) is 0.316. The van der Waals surface area contributed by atoms with E-state index in [0.29, 0.717) is 26.1 Å². The maximum Gasteiger partial charge on any atom is 0.318 e. The van der Waals surface area contributed by atoms with E-state index in [4.69, 9.17) is 0 Å². The maximum atomic E-state index is 12.8. The highest BCUT2D eigenvalue weighted by Crippen LogP contribution is 2.23. The van der Waals surface area contributed by atoms with Crippen molar-refractivity contribution in [2.75, 3.05) is 11.4 Å². The first kappa shape index (κ1) is 15.6. The molecule has 0 unspecified atom stereocenters. The van der Waals surface area contributed by atoms with Crippen LogP contribution in [0.1, 0.15) is 24.0 Å². The Balaban J connectivity index is 1.42. The van der Waals surface area contributed by atoms with E-state index >= 15 is 0 Å². The maximum absolute atomic E-state index is 12.8. The Morgan fingerprint density at radius 1 is 1.12 bits per heavy atom. The van der Waals surface area contributed by atoms with Gasteiger partial charge < -0.3 is 15.1 Å². The summed E-state index contributed by atoms with van der Waals surface area (Å²) < 4.78 is 0. The molecule has 0 saturated carbocycles. The predicted octanol–water partition coefficient (Wildman–Crippen LogP) is 2.30. The fourth-order valence-corrected chi connectivity index (χ4v) is 3.50. The van der Waals surface area contributed by atoms with Crippen molar-refractivity contribution in [3.05, 3.63) is 59.9 Å². The summed E-state index contributed by atoms with van der Waals surface area (Å²) in [6.45, 7) is 1.84. The SMILES string of the molecule is O=C(N[C@@H]1CCCN(c2cccnc2)C1=O)N1Cc2ccccc2C1. The number of piperidine rings is 1. The van der Waals surface area contributed by atoms with E-state index in [2.05, 4.69) is 10.3 Å². The van der Waals surface area contributed by atoms with Gasteiger partial charge in [-0.25, -0.2) is 4.79 Å². The minimum absolute atomic E-state index is 0.0655. The van der Waals surface area contributed by atoms with Gasteiger partial charge in [-0.05, 0) is 36.1 Å². The van der Waals surface area contributed by atoms with Crippen molar-refractivity contribution in [2.24, 2.45) is 0 Å². The summed E-state index contributed by atoms with van der Waals surface area (Å²) in [4.78, 5) is 32.9. The molecule has 0 aliphatic carbocycles. The van der Waals surface area contributed by atoms with Gasteiger partial charge in [-0.3, -0.25) is 9.78 Å². The summed E-state index contributed by atoms with van der Waals surface area (Å²) in [6.07, 6.45) is 4.88. The molecule has 3 amide bonds. The molecule has 4 rings (SSSR count). The van der Waals surface area contributed by atoms with Gasteiger partial charge in [-0.1, -0.05) is 24.3 Å². The lowest BCUT2D eigenvalue weighted by molar-refractivity contribution is -0.121. The highest BCUT2D eigenvalue weighted by Gasteiger charge is 2.33. The van der Waals surface area contributed by atoms with Crippen LogP contribution in [0.4, 0.5) is 10.5 Å². The van der Waals surface area contributed by atoms with Gasteiger partial charge in [-0.15, -0.1) is 0 Å². The Bertz CT molecular complexity index is 768. The lowest BCUT2D eigenvalue weighted by Crippen LogP contribution is -2.54. The van der Waals surface area contributed by atoms with E-state index in [1.165, 1.54) is 11.1 Å². The highest BCUT2D eigenvalue weighted by atomic mass is 16.2. The molecular weight excluding hydrogens is 316 g/mol. The van der Waals surface area contributed by atoms with Crippen LogP contribution in [0.25, 0.3) is 0 Å². The van der Waals surface area contributed by atoms with Crippen molar-refractivity contribution < 1.29 is 9.59 Å². The van der Waals surface area contributed by atoms with E-state index in [0.717, 1.165) is 12.1 Å². The van der Waals surface area contributed by atoms with Crippen molar-refractivity contribution in [1.29, 1.82) is 0 Å². The number of aromatic nitrogens is 1. The number of nitrogens with zero attached hydrogens (tertiary/aromatic N) is 3. The molecule has 1 aromatic carbocycles. The zero-order valence-corrected chi connectivity index (χ0v) is 13.9. The van der Waals surface area contributed by atoms with Gasteiger partial charge >= 0.3 is 6.03 Å². The number of hydrogen-bond donors (Lipinski definition) is 1. The Hall–Kier alpha value is -2.89. The first-order valence-electron chi connectivity index (χ1n) is 8.56. The summed E-state index contributed by atoms with van der Waals surface area (Å²) in [7, 11) is 0. The third kappa shape index (κ3) is 3.07. The second-order valence-electron chi connectivity index (χ2n) is 6.47. The fourth-order valence-electron chi connectivity index (χ4n) is 3.50. The van der Waals surface area contributed by atoms with Crippen molar-refractivity contribution >= 4 is 17.6 Å². The molecule has 6 heteroatoms. The van der Waals surface area contributed by atoms with Crippen LogP contribution in [0.15, 0.2) is 48.8 Å². The molecule has 1 aromatic heterocycles. The molecular formula is C19H20N4O2. The Labute approximate surface area is 146 Å². The smallest absolute Gasteiger partial charge is 0.318 e. The van der Waals surface area contributed by atoms with Crippen molar-refractivity contribution in [1.82, 2.24) is 15.2 Å². The summed E-state index contributed by atoms with van der Waals surface area (Å²) in [5.41, 5.74) is 3.12. The quantitative estimate of drug-likeness (QED) is 0.915. The first-order chi connectivity index (χ1) is 12.2. The van der Waals surface area contributed by atoms with Crippen molar-refractivity contribution in [3.8, 4) is 0 Å². The van der Waals surface area contributed by atoms with Crippen molar-refractivity contribution in [3.63, 3.8) is 0 Å². The molecule has 2 aromatic rings. The molecule has 0 spiro atoms. The number of fused-ring (bicyclic) bond motifs is 1. The molecule has 25 heavy (non-hydrogen) atoms. The molecule has 1 N–H and O–H groups in total. The average Bonchev–Trinajstić information content (AvgIpc) is 3.08. The van der Waals surface area contributed by atoms with Gasteiger partial charge in [0.2, 0.25) is 5.91 Å². The second-order valence-corrected chi connectivity index (χ2v) is 6.47. The van der Waals surface area contributed by atoms with Gasteiger partial charge in [0, 0.05) is 25.8 Å². The number of urea groups is 1. The summed E-state index contributed by atoms with van der Waals surface area (Å²) in [5, 5.41) is 2.92. The number of benzene rings is 1. The number of hydrogen-bond acceptors (Lipinski definition) is 3. The number of anilines is 1. The number of rotatable bonds is 2. The average molecular weight is 336 g/mol. The Morgan fingerprint density at radius 3 is 2.56 bits per heavy atom. The van der Waals surface area contributed by atoms with Gasteiger partial charge in [0.25, 0.3) is 0 Å². The second kappa shape index (κ2) is 6.55. The first-order valence-corrected chi connectivity index (χ1v) is 8.56. The van der Waals surface area contributed by atoms with E-state index in [1.807, 2.05) is 36.4 Å². The Morgan fingerprint density at radius 2 is 1.88 bits per heavy atom. The summed E-state index contributed by atoms with van der Waals surface area (Å²) >= 11 is 0. The molecule has 128 valence electrons. The van der Waals surface area contributed by atoms with Crippen LogP contribution in [-0.4, -0.2) is 34.4 Å². The zero-order valence-electron chi connectivity index (χ0n) is 13.9. The third-order valence-corrected chi connectivity index (χ3v) is 4.82. The van der Waals surface area contributed by atoms with Gasteiger partial charge in [-0.2, -0.15) is 0 Å². The zero-order chi connectivity index (χ0) is 17.2. The van der Waals surface area contributed by atoms with Crippen LogP contribution in [0.2, 0.25) is 0 Å². The molecule has 1 fully saturated rings. The molecule has 0 bridgehead atoms. The van der Waals surface area contributed by atoms with Gasteiger partial charge in [0.05, 0.1) is 11.9 Å². The number of pyridine rings is 1. The predicted molar refractivity (Wildman–Crippen MR) is 93.8 cm³/mol. The lowest BCUT2D eigenvalue weighted by atomic mass is 10.0. The molecule has 6 nitrogen and oxygen atoms in total. The standard InChI is InChI=1S/C19H20N4O2/c24-18-17(8-4-10-23(18)16-7-3-9-20-11-16)21-19(25)22-12-14-5-1-2-6-15(14)13-22/h1-3,5-7,9,11,17H,4,8,10,12-13H2,(H,21,25)/t17-/m1/s1. The van der Waals surface area contributed by atoms with E-state index in [-0.39, 0.29) is 11.9 Å². The molecule has 3 heterocycles. The summed E-state index contributed by atoms with van der Waals surface area (Å²) in [6, 6.07) is 11.1. The van der Waals surface area contributed by atoms with Gasteiger partial charge in [0.15, 0.2) is 0 Å². The van der Waals surface area contributed by atoms with Crippen LogP contribution < -0.4 is 10.2 Å². The minimum Gasteiger partial charge on any atom is -0.326 e. The van der Waals surface area contributed by atoms with Gasteiger partial charge in [0.1, 0.15) is 6.04 Å². The largest absolute Gasteiger partial charge is 0.326 e. The van der Waals surface area contributed by atoms with Crippen LogP contribution in [0, 0.1) is 0 Å². The number of carbonyl (C=O) groups is 2. The normalized spacial score (nSPS) is 19.7. The number of carbonyl (C=O) groups excluding carboxylic acids is 2. The Kier molecular flexibility index (Phi) is 4.09. The number of amides is 3. The van der Waals surface area contributed by atoms with E-state index in [9.17, 15) is 9.59 Å². The molecule has 2 aliphatic heterocycles. The third-order valence-electron chi connectivity index (χ3n) is 4.82. The topological polar surface area (TPSA) is 65.5 Å². The van der Waals surface area contributed by atoms with Crippen LogP contribution in [0.5, 0.6) is 0 Å². The monoisotopic (exact) mass is 336 g/mol.